The van der Waals surface area contributed by atoms with Crippen molar-refractivity contribution in [1.82, 2.24) is 14.5 Å². The lowest BCUT2D eigenvalue weighted by Gasteiger charge is -1.97. The quantitative estimate of drug-likeness (QED) is 0.602. The van der Waals surface area contributed by atoms with Crippen LogP contribution in [0.3, 0.4) is 0 Å². The summed E-state index contributed by atoms with van der Waals surface area (Å²) in [7, 11) is 0. The van der Waals surface area contributed by atoms with E-state index < -0.39 is 0 Å². The molecule has 13 heavy (non-hydrogen) atoms. The number of carbonyl (C=O) groups excluding carboxylic acids is 1. The normalized spacial score (nSPS) is 10.6. The van der Waals surface area contributed by atoms with Gasteiger partial charge >= 0.3 is 0 Å². The van der Waals surface area contributed by atoms with Gasteiger partial charge in [0, 0.05) is 13.1 Å². The molecule has 0 bridgehead atoms. The van der Waals surface area contributed by atoms with E-state index >= 15 is 0 Å². The van der Waals surface area contributed by atoms with Crippen molar-refractivity contribution in [3.63, 3.8) is 0 Å². The standard InChI is InChI=1S/C8H6ClN3O/c1-5(13)12-3-2-6-7(9)10-4-11-8(6)12/h2-4H,1H3. The molecule has 0 aromatic carbocycles. The zero-order valence-electron chi connectivity index (χ0n) is 6.86. The Kier molecular flexibility index (Phi) is 1.77. The first-order chi connectivity index (χ1) is 6.20. The minimum Gasteiger partial charge on any atom is -0.274 e. The maximum absolute atomic E-state index is 11.1. The molecule has 0 aliphatic heterocycles. The Morgan fingerprint density at radius 3 is 3.00 bits per heavy atom. The second kappa shape index (κ2) is 2.81. The molecule has 0 spiro atoms. The van der Waals surface area contributed by atoms with Crippen LogP contribution >= 0.6 is 11.6 Å². The van der Waals surface area contributed by atoms with Crippen LogP contribution in [-0.4, -0.2) is 20.4 Å². The lowest BCUT2D eigenvalue weighted by Crippen LogP contribution is -2.04. The molecule has 0 atom stereocenters. The van der Waals surface area contributed by atoms with Crippen LogP contribution in [0.15, 0.2) is 18.6 Å². The molecule has 0 aliphatic rings. The average molecular weight is 196 g/mol. The highest BCUT2D eigenvalue weighted by Crippen LogP contribution is 2.19. The van der Waals surface area contributed by atoms with Gasteiger partial charge in [-0.05, 0) is 6.07 Å². The topological polar surface area (TPSA) is 47.8 Å². The van der Waals surface area contributed by atoms with Crippen LogP contribution in [-0.2, 0) is 0 Å². The zero-order chi connectivity index (χ0) is 9.42. The monoisotopic (exact) mass is 195 g/mol. The number of fused-ring (bicyclic) bond motifs is 1. The fourth-order valence-corrected chi connectivity index (χ4v) is 1.37. The molecule has 0 N–H and O–H groups in total. The second-order valence-corrected chi connectivity index (χ2v) is 2.96. The van der Waals surface area contributed by atoms with Crippen LogP contribution < -0.4 is 0 Å². The van der Waals surface area contributed by atoms with Crippen molar-refractivity contribution >= 4 is 28.5 Å². The number of rotatable bonds is 0. The van der Waals surface area contributed by atoms with Crippen molar-refractivity contribution < 1.29 is 4.79 Å². The van der Waals surface area contributed by atoms with Gasteiger partial charge in [0.15, 0.2) is 5.65 Å². The van der Waals surface area contributed by atoms with E-state index in [1.807, 2.05) is 0 Å². The van der Waals surface area contributed by atoms with Gasteiger partial charge in [0.05, 0.1) is 5.39 Å². The van der Waals surface area contributed by atoms with Gasteiger partial charge in [0.2, 0.25) is 5.91 Å². The fraction of sp³-hybridized carbons (Fsp3) is 0.125. The Hall–Kier alpha value is -1.42. The molecule has 2 aromatic heterocycles. The molecule has 0 aliphatic carbocycles. The van der Waals surface area contributed by atoms with Crippen LogP contribution in [0.5, 0.6) is 0 Å². The summed E-state index contributed by atoms with van der Waals surface area (Å²) in [4.78, 5) is 18.9. The number of hydrogen-bond acceptors (Lipinski definition) is 3. The van der Waals surface area contributed by atoms with E-state index in [1.165, 1.54) is 17.8 Å². The molecular weight excluding hydrogens is 190 g/mol. The van der Waals surface area contributed by atoms with E-state index in [9.17, 15) is 4.79 Å². The predicted molar refractivity (Wildman–Crippen MR) is 48.8 cm³/mol. The molecule has 66 valence electrons. The number of carbonyl (C=O) groups is 1. The Morgan fingerprint density at radius 1 is 1.54 bits per heavy atom. The molecule has 5 heteroatoms. The average Bonchev–Trinajstić information content (AvgIpc) is 2.48. The summed E-state index contributed by atoms with van der Waals surface area (Å²) in [5, 5.41) is 1.06. The molecule has 0 unspecified atom stereocenters. The largest absolute Gasteiger partial charge is 0.274 e. The minimum absolute atomic E-state index is 0.0928. The van der Waals surface area contributed by atoms with Crippen molar-refractivity contribution in [1.29, 1.82) is 0 Å². The number of nitrogens with zero attached hydrogens (tertiary/aromatic N) is 3. The molecule has 0 saturated heterocycles. The summed E-state index contributed by atoms with van der Waals surface area (Å²) in [5.41, 5.74) is 0.549. The molecular formula is C8H6ClN3O. The van der Waals surface area contributed by atoms with Crippen molar-refractivity contribution in [2.24, 2.45) is 0 Å². The third-order valence-corrected chi connectivity index (χ3v) is 2.07. The van der Waals surface area contributed by atoms with Crippen LogP contribution in [0.4, 0.5) is 0 Å². The van der Waals surface area contributed by atoms with Gasteiger partial charge in [-0.1, -0.05) is 11.6 Å². The third kappa shape index (κ3) is 1.19. The van der Waals surface area contributed by atoms with Gasteiger partial charge in [-0.2, -0.15) is 0 Å². The van der Waals surface area contributed by atoms with Gasteiger partial charge in [0.25, 0.3) is 0 Å². The van der Waals surface area contributed by atoms with Crippen LogP contribution in [0, 0.1) is 0 Å². The maximum atomic E-state index is 11.1. The fourth-order valence-electron chi connectivity index (χ4n) is 1.17. The highest BCUT2D eigenvalue weighted by Gasteiger charge is 2.08. The number of halogens is 1. The minimum atomic E-state index is -0.0928. The Balaban J connectivity index is 2.83. The lowest BCUT2D eigenvalue weighted by atomic mass is 10.4. The molecule has 4 nitrogen and oxygen atoms in total. The van der Waals surface area contributed by atoms with Gasteiger partial charge in [-0.25, -0.2) is 9.97 Å². The molecule has 0 saturated carbocycles. The maximum Gasteiger partial charge on any atom is 0.229 e. The van der Waals surface area contributed by atoms with E-state index in [2.05, 4.69) is 9.97 Å². The number of hydrogen-bond donors (Lipinski definition) is 0. The summed E-state index contributed by atoms with van der Waals surface area (Å²) in [5.74, 6) is -0.0928. The molecule has 2 aromatic rings. The van der Waals surface area contributed by atoms with Crippen molar-refractivity contribution in [3.05, 3.63) is 23.7 Å². The second-order valence-electron chi connectivity index (χ2n) is 2.61. The van der Waals surface area contributed by atoms with E-state index in [0.29, 0.717) is 16.2 Å². The Morgan fingerprint density at radius 2 is 2.31 bits per heavy atom. The molecule has 0 radical (unpaired) electrons. The van der Waals surface area contributed by atoms with E-state index in [-0.39, 0.29) is 5.91 Å². The van der Waals surface area contributed by atoms with Gasteiger partial charge in [-0.3, -0.25) is 9.36 Å². The van der Waals surface area contributed by atoms with Gasteiger partial charge in [-0.15, -0.1) is 0 Å². The molecule has 0 amide bonds. The number of aromatic nitrogens is 3. The van der Waals surface area contributed by atoms with Crippen molar-refractivity contribution in [2.45, 2.75) is 6.92 Å². The first-order valence-electron chi connectivity index (χ1n) is 3.68. The summed E-state index contributed by atoms with van der Waals surface area (Å²) < 4.78 is 1.43. The Labute approximate surface area is 79.2 Å². The summed E-state index contributed by atoms with van der Waals surface area (Å²) in [6.45, 7) is 1.47. The van der Waals surface area contributed by atoms with Gasteiger partial charge < -0.3 is 0 Å². The van der Waals surface area contributed by atoms with Crippen LogP contribution in [0.25, 0.3) is 11.0 Å². The Bertz CT molecular complexity index is 477. The summed E-state index contributed by atoms with van der Waals surface area (Å²) >= 11 is 5.80. The summed E-state index contributed by atoms with van der Waals surface area (Å²) in [6, 6.07) is 1.72. The highest BCUT2D eigenvalue weighted by molar-refractivity contribution is 6.34. The smallest absolute Gasteiger partial charge is 0.229 e. The van der Waals surface area contributed by atoms with Gasteiger partial charge in [0.1, 0.15) is 11.5 Å². The van der Waals surface area contributed by atoms with Crippen LogP contribution in [0.2, 0.25) is 5.15 Å². The predicted octanol–water partition coefficient (Wildman–Crippen LogP) is 1.74. The van der Waals surface area contributed by atoms with Crippen molar-refractivity contribution in [2.75, 3.05) is 0 Å². The molecule has 2 heterocycles. The molecule has 0 fully saturated rings. The lowest BCUT2D eigenvalue weighted by molar-refractivity contribution is 0.0941. The van der Waals surface area contributed by atoms with E-state index in [0.717, 1.165) is 0 Å². The van der Waals surface area contributed by atoms with E-state index in [4.69, 9.17) is 11.6 Å². The molecule has 2 rings (SSSR count). The summed E-state index contributed by atoms with van der Waals surface area (Å²) in [6.07, 6.45) is 2.97. The third-order valence-electron chi connectivity index (χ3n) is 1.77. The first kappa shape index (κ1) is 8.19. The zero-order valence-corrected chi connectivity index (χ0v) is 7.62. The van der Waals surface area contributed by atoms with E-state index in [1.54, 1.807) is 12.3 Å². The SMILES string of the molecule is CC(=O)n1ccc2c(Cl)ncnc21. The van der Waals surface area contributed by atoms with Crippen molar-refractivity contribution in [3.8, 4) is 0 Å². The highest BCUT2D eigenvalue weighted by atomic mass is 35.5. The van der Waals surface area contributed by atoms with Crippen LogP contribution in [0.1, 0.15) is 11.7 Å². The first-order valence-corrected chi connectivity index (χ1v) is 4.06.